The van der Waals surface area contributed by atoms with Gasteiger partial charge in [0.25, 0.3) is 5.69 Å². The Morgan fingerprint density at radius 1 is 1.29 bits per heavy atom. The summed E-state index contributed by atoms with van der Waals surface area (Å²) in [5, 5.41) is 13.2. The molecular weight excluding hydrogens is 360 g/mol. The number of amides is 1. The van der Waals surface area contributed by atoms with Crippen molar-refractivity contribution >= 4 is 34.0 Å². The molecule has 1 rings (SSSR count). The zero-order valence-corrected chi connectivity index (χ0v) is 14.7. The van der Waals surface area contributed by atoms with Crippen LogP contribution in [0.5, 0.6) is 0 Å². The van der Waals surface area contributed by atoms with E-state index in [4.69, 9.17) is 5.73 Å². The SMILES string of the molecule is CC(N)CCNC(=O)CCNS(=O)(=O)c1ccc([N+](=O)[O-])cc1.Cl. The van der Waals surface area contributed by atoms with Crippen LogP contribution in [0.15, 0.2) is 29.2 Å². The van der Waals surface area contributed by atoms with E-state index in [1.807, 2.05) is 6.92 Å². The number of nitrogens with zero attached hydrogens (tertiary/aromatic N) is 1. The zero-order valence-electron chi connectivity index (χ0n) is 13.1. The lowest BCUT2D eigenvalue weighted by Gasteiger charge is -2.08. The number of carbonyl (C=O) groups is 1. The molecule has 1 amide bonds. The maximum Gasteiger partial charge on any atom is 0.269 e. The predicted molar refractivity (Wildman–Crippen MR) is 91.4 cm³/mol. The van der Waals surface area contributed by atoms with Gasteiger partial charge in [-0.3, -0.25) is 14.9 Å². The van der Waals surface area contributed by atoms with Crippen molar-refractivity contribution in [3.05, 3.63) is 34.4 Å². The summed E-state index contributed by atoms with van der Waals surface area (Å²) in [6.45, 7) is 2.19. The summed E-state index contributed by atoms with van der Waals surface area (Å²) in [6, 6.07) is 4.48. The van der Waals surface area contributed by atoms with Crippen molar-refractivity contribution in [1.82, 2.24) is 10.0 Å². The van der Waals surface area contributed by atoms with Crippen LogP contribution in [-0.4, -0.2) is 38.4 Å². The number of carbonyl (C=O) groups excluding carboxylic acids is 1. The highest BCUT2D eigenvalue weighted by Crippen LogP contribution is 2.15. The summed E-state index contributed by atoms with van der Waals surface area (Å²) >= 11 is 0. The van der Waals surface area contributed by atoms with E-state index in [9.17, 15) is 23.3 Å². The topological polar surface area (TPSA) is 144 Å². The van der Waals surface area contributed by atoms with Gasteiger partial charge in [0.05, 0.1) is 9.82 Å². The molecule has 1 aromatic carbocycles. The monoisotopic (exact) mass is 380 g/mol. The van der Waals surface area contributed by atoms with Gasteiger partial charge in [0, 0.05) is 37.7 Å². The van der Waals surface area contributed by atoms with Crippen LogP contribution < -0.4 is 15.8 Å². The first-order valence-corrected chi connectivity index (χ1v) is 8.47. The summed E-state index contributed by atoms with van der Waals surface area (Å²) < 4.78 is 26.2. The summed E-state index contributed by atoms with van der Waals surface area (Å²) in [4.78, 5) is 21.3. The van der Waals surface area contributed by atoms with Gasteiger partial charge >= 0.3 is 0 Å². The van der Waals surface area contributed by atoms with Crippen molar-refractivity contribution in [3.8, 4) is 0 Å². The molecule has 11 heteroatoms. The van der Waals surface area contributed by atoms with E-state index in [0.29, 0.717) is 13.0 Å². The molecule has 0 heterocycles. The minimum atomic E-state index is -3.80. The van der Waals surface area contributed by atoms with Crippen LogP contribution in [0, 0.1) is 10.1 Å². The van der Waals surface area contributed by atoms with Gasteiger partial charge < -0.3 is 11.1 Å². The van der Waals surface area contributed by atoms with Crippen LogP contribution in [0.4, 0.5) is 5.69 Å². The number of hydrogen-bond donors (Lipinski definition) is 3. The highest BCUT2D eigenvalue weighted by molar-refractivity contribution is 7.89. The van der Waals surface area contributed by atoms with Crippen molar-refractivity contribution in [2.75, 3.05) is 13.1 Å². The van der Waals surface area contributed by atoms with Gasteiger partial charge in [-0.15, -0.1) is 12.4 Å². The third-order valence-corrected chi connectivity index (χ3v) is 4.40. The minimum Gasteiger partial charge on any atom is -0.356 e. The Kier molecular flexibility index (Phi) is 9.44. The third-order valence-electron chi connectivity index (χ3n) is 2.92. The van der Waals surface area contributed by atoms with Crippen molar-refractivity contribution in [3.63, 3.8) is 0 Å². The average molecular weight is 381 g/mol. The van der Waals surface area contributed by atoms with Crippen LogP contribution in [-0.2, 0) is 14.8 Å². The van der Waals surface area contributed by atoms with Crippen LogP contribution in [0.3, 0.4) is 0 Å². The Hall–Kier alpha value is -1.75. The number of benzene rings is 1. The lowest BCUT2D eigenvalue weighted by molar-refractivity contribution is -0.384. The Morgan fingerprint density at radius 2 is 1.88 bits per heavy atom. The Balaban J connectivity index is 0.00000529. The second-order valence-electron chi connectivity index (χ2n) is 5.01. The minimum absolute atomic E-state index is 0. The molecule has 136 valence electrons. The number of nitrogens with one attached hydrogen (secondary N) is 2. The first-order valence-electron chi connectivity index (χ1n) is 6.99. The van der Waals surface area contributed by atoms with Gasteiger partial charge in [-0.25, -0.2) is 13.1 Å². The van der Waals surface area contributed by atoms with Crippen molar-refractivity contribution in [1.29, 1.82) is 0 Å². The normalized spacial score (nSPS) is 12.1. The van der Waals surface area contributed by atoms with Gasteiger partial charge in [0.1, 0.15) is 0 Å². The van der Waals surface area contributed by atoms with Gasteiger partial charge in [-0.2, -0.15) is 0 Å². The smallest absolute Gasteiger partial charge is 0.269 e. The summed E-state index contributed by atoms with van der Waals surface area (Å²) in [5.41, 5.74) is 5.35. The fourth-order valence-electron chi connectivity index (χ4n) is 1.66. The second kappa shape index (κ2) is 10.2. The fraction of sp³-hybridized carbons (Fsp3) is 0.462. The van der Waals surface area contributed by atoms with E-state index in [1.54, 1.807) is 0 Å². The molecule has 0 bridgehead atoms. The molecule has 1 unspecified atom stereocenters. The molecule has 0 aliphatic heterocycles. The highest BCUT2D eigenvalue weighted by atomic mass is 35.5. The quantitative estimate of drug-likeness (QED) is 0.421. The number of non-ortho nitro benzene ring substituents is 1. The number of hydrogen-bond acceptors (Lipinski definition) is 6. The summed E-state index contributed by atoms with van der Waals surface area (Å²) in [6.07, 6.45) is 0.630. The number of nitrogens with two attached hydrogens (primary N) is 1. The molecule has 9 nitrogen and oxygen atoms in total. The molecule has 0 aromatic heterocycles. The molecule has 0 spiro atoms. The number of rotatable bonds is 9. The molecular formula is C13H21ClN4O5S. The fourth-order valence-corrected chi connectivity index (χ4v) is 2.69. The van der Waals surface area contributed by atoms with Gasteiger partial charge in [-0.05, 0) is 25.5 Å². The Labute approximate surface area is 146 Å². The van der Waals surface area contributed by atoms with Crippen molar-refractivity contribution in [2.45, 2.75) is 30.7 Å². The van der Waals surface area contributed by atoms with Gasteiger partial charge in [-0.1, -0.05) is 0 Å². The summed E-state index contributed by atoms with van der Waals surface area (Å²) in [7, 11) is -3.80. The van der Waals surface area contributed by atoms with E-state index < -0.39 is 14.9 Å². The molecule has 0 aliphatic rings. The average Bonchev–Trinajstić information content (AvgIpc) is 2.46. The molecule has 1 aromatic rings. The molecule has 0 aliphatic carbocycles. The molecule has 0 saturated carbocycles. The maximum atomic E-state index is 12.0. The molecule has 0 radical (unpaired) electrons. The standard InChI is InChI=1S/C13H20N4O5S.ClH/c1-10(14)6-8-15-13(18)7-9-16-23(21,22)12-4-2-11(3-5-12)17(19)20;/h2-5,10,16H,6-9,14H2,1H3,(H,15,18);1H. The van der Waals surface area contributed by atoms with Crippen LogP contribution in [0.25, 0.3) is 0 Å². The van der Waals surface area contributed by atoms with Crippen LogP contribution in [0.1, 0.15) is 19.8 Å². The van der Waals surface area contributed by atoms with E-state index >= 15 is 0 Å². The first-order chi connectivity index (χ1) is 10.7. The lowest BCUT2D eigenvalue weighted by atomic mass is 10.2. The second-order valence-corrected chi connectivity index (χ2v) is 6.78. The number of nitro groups is 1. The van der Waals surface area contributed by atoms with E-state index in [0.717, 1.165) is 24.3 Å². The number of sulfonamides is 1. The lowest BCUT2D eigenvalue weighted by Crippen LogP contribution is -2.32. The van der Waals surface area contributed by atoms with Crippen LogP contribution in [0.2, 0.25) is 0 Å². The van der Waals surface area contributed by atoms with Crippen molar-refractivity contribution in [2.24, 2.45) is 5.73 Å². The van der Waals surface area contributed by atoms with Gasteiger partial charge in [0.15, 0.2) is 0 Å². The Bertz CT molecular complexity index is 649. The number of halogens is 1. The molecule has 1 atom stereocenters. The van der Waals surface area contributed by atoms with Crippen molar-refractivity contribution < 1.29 is 18.1 Å². The Morgan fingerprint density at radius 3 is 2.38 bits per heavy atom. The largest absolute Gasteiger partial charge is 0.356 e. The molecule has 0 fully saturated rings. The van der Waals surface area contributed by atoms with Crippen LogP contribution >= 0.6 is 12.4 Å². The molecule has 4 N–H and O–H groups in total. The molecule has 0 saturated heterocycles. The maximum absolute atomic E-state index is 12.0. The highest BCUT2D eigenvalue weighted by Gasteiger charge is 2.15. The third kappa shape index (κ3) is 7.68. The zero-order chi connectivity index (χ0) is 17.5. The number of nitro benzene ring substituents is 1. The molecule has 24 heavy (non-hydrogen) atoms. The van der Waals surface area contributed by atoms with E-state index in [1.165, 1.54) is 0 Å². The van der Waals surface area contributed by atoms with E-state index in [-0.39, 0.29) is 47.9 Å². The van der Waals surface area contributed by atoms with Gasteiger partial charge in [0.2, 0.25) is 15.9 Å². The first kappa shape index (κ1) is 22.2. The van der Waals surface area contributed by atoms with E-state index in [2.05, 4.69) is 10.0 Å². The predicted octanol–water partition coefficient (Wildman–Crippen LogP) is 0.539. The summed E-state index contributed by atoms with van der Waals surface area (Å²) in [5.74, 6) is -0.281.